The zero-order valence-electron chi connectivity index (χ0n) is 10.6. The van der Waals surface area contributed by atoms with Crippen LogP contribution < -0.4 is 0 Å². The van der Waals surface area contributed by atoms with Crippen LogP contribution in [0.2, 0.25) is 0 Å². The van der Waals surface area contributed by atoms with Gasteiger partial charge in [0.2, 0.25) is 5.76 Å². The topological polar surface area (TPSA) is 51.3 Å². The molecule has 0 N–H and O–H groups in total. The second-order valence-corrected chi connectivity index (χ2v) is 5.52. The largest absolute Gasteiger partial charge is 0.458 e. The Bertz CT molecular complexity index is 617. The minimum Gasteiger partial charge on any atom is -0.458 e. The SMILES string of the molecule is Cn1ncc2c1CCCN(C(=O)c1occc1Br)C2. The van der Waals surface area contributed by atoms with Crippen molar-refractivity contribution in [3.05, 3.63) is 40.0 Å². The average Bonchev–Trinajstić information content (AvgIpc) is 2.88. The first kappa shape index (κ1) is 12.5. The molecular formula is C13H14BrN3O2. The van der Waals surface area contributed by atoms with E-state index in [1.807, 2.05) is 22.8 Å². The number of amides is 1. The highest BCUT2D eigenvalue weighted by Gasteiger charge is 2.25. The van der Waals surface area contributed by atoms with Crippen molar-refractivity contribution in [1.29, 1.82) is 0 Å². The number of rotatable bonds is 1. The third-order valence-electron chi connectivity index (χ3n) is 3.45. The van der Waals surface area contributed by atoms with E-state index in [0.29, 0.717) is 16.8 Å². The lowest BCUT2D eigenvalue weighted by Crippen LogP contribution is -2.30. The van der Waals surface area contributed by atoms with Gasteiger partial charge in [-0.3, -0.25) is 9.48 Å². The molecule has 1 amide bonds. The maximum absolute atomic E-state index is 12.4. The summed E-state index contributed by atoms with van der Waals surface area (Å²) >= 11 is 3.33. The van der Waals surface area contributed by atoms with Gasteiger partial charge in [0, 0.05) is 31.4 Å². The monoisotopic (exact) mass is 323 g/mol. The maximum Gasteiger partial charge on any atom is 0.291 e. The van der Waals surface area contributed by atoms with Crippen molar-refractivity contribution in [3.8, 4) is 0 Å². The number of nitrogens with zero attached hydrogens (tertiary/aromatic N) is 3. The van der Waals surface area contributed by atoms with Gasteiger partial charge in [0.25, 0.3) is 5.91 Å². The van der Waals surface area contributed by atoms with E-state index in [1.54, 1.807) is 6.07 Å². The van der Waals surface area contributed by atoms with Crippen LogP contribution in [0.15, 0.2) is 27.4 Å². The molecule has 0 radical (unpaired) electrons. The molecule has 0 saturated carbocycles. The van der Waals surface area contributed by atoms with E-state index in [2.05, 4.69) is 21.0 Å². The van der Waals surface area contributed by atoms with Crippen LogP contribution in [0.4, 0.5) is 0 Å². The number of aryl methyl sites for hydroxylation is 1. The Morgan fingerprint density at radius 3 is 3.11 bits per heavy atom. The summed E-state index contributed by atoms with van der Waals surface area (Å²) in [5.74, 6) is 0.293. The molecule has 0 unspecified atom stereocenters. The molecule has 3 rings (SSSR count). The van der Waals surface area contributed by atoms with Gasteiger partial charge in [-0.15, -0.1) is 0 Å². The third kappa shape index (κ3) is 2.20. The summed E-state index contributed by atoms with van der Waals surface area (Å²) in [6.07, 6.45) is 5.26. The van der Waals surface area contributed by atoms with Gasteiger partial charge >= 0.3 is 0 Å². The molecule has 3 heterocycles. The van der Waals surface area contributed by atoms with E-state index in [0.717, 1.165) is 24.9 Å². The predicted octanol–water partition coefficient (Wildman–Crippen LogP) is 2.36. The molecule has 100 valence electrons. The molecule has 5 nitrogen and oxygen atoms in total. The van der Waals surface area contributed by atoms with Crippen LogP contribution in [0.25, 0.3) is 0 Å². The van der Waals surface area contributed by atoms with E-state index in [1.165, 1.54) is 12.0 Å². The Hall–Kier alpha value is -1.56. The highest BCUT2D eigenvalue weighted by molar-refractivity contribution is 9.10. The van der Waals surface area contributed by atoms with Crippen LogP contribution in [-0.2, 0) is 20.0 Å². The lowest BCUT2D eigenvalue weighted by molar-refractivity contribution is 0.0712. The highest BCUT2D eigenvalue weighted by Crippen LogP contribution is 2.23. The molecule has 0 spiro atoms. The van der Waals surface area contributed by atoms with Crippen LogP contribution in [0.1, 0.15) is 28.2 Å². The Labute approximate surface area is 119 Å². The summed E-state index contributed by atoms with van der Waals surface area (Å²) < 4.78 is 7.85. The number of hydrogen-bond donors (Lipinski definition) is 0. The fraction of sp³-hybridized carbons (Fsp3) is 0.385. The van der Waals surface area contributed by atoms with Crippen molar-refractivity contribution >= 4 is 21.8 Å². The predicted molar refractivity (Wildman–Crippen MR) is 72.7 cm³/mol. The number of aromatic nitrogens is 2. The number of hydrogen-bond acceptors (Lipinski definition) is 3. The van der Waals surface area contributed by atoms with Gasteiger partial charge in [0.05, 0.1) is 16.9 Å². The molecule has 1 aliphatic heterocycles. The lowest BCUT2D eigenvalue weighted by atomic mass is 10.2. The number of fused-ring (bicyclic) bond motifs is 1. The molecule has 0 aliphatic carbocycles. The number of furan rings is 1. The molecule has 1 aliphatic rings. The van der Waals surface area contributed by atoms with Crippen molar-refractivity contribution in [2.75, 3.05) is 6.54 Å². The standard InChI is InChI=1S/C13H14BrN3O2/c1-16-11-3-2-5-17(8-9(11)7-15-16)13(18)12-10(14)4-6-19-12/h4,6-7H,2-3,5,8H2,1H3. The van der Waals surface area contributed by atoms with Crippen LogP contribution in [0.5, 0.6) is 0 Å². The van der Waals surface area contributed by atoms with Gasteiger partial charge < -0.3 is 9.32 Å². The van der Waals surface area contributed by atoms with Crippen LogP contribution in [-0.4, -0.2) is 27.1 Å². The molecule has 0 bridgehead atoms. The molecule has 19 heavy (non-hydrogen) atoms. The van der Waals surface area contributed by atoms with Crippen molar-refractivity contribution in [2.24, 2.45) is 7.05 Å². The molecule has 2 aromatic rings. The second kappa shape index (κ2) is 4.85. The number of carbonyl (C=O) groups is 1. The Balaban J connectivity index is 1.87. The van der Waals surface area contributed by atoms with Gasteiger partial charge in [-0.2, -0.15) is 5.10 Å². The molecule has 0 atom stereocenters. The lowest BCUT2D eigenvalue weighted by Gasteiger charge is -2.19. The van der Waals surface area contributed by atoms with Gasteiger partial charge in [0.1, 0.15) is 0 Å². The highest BCUT2D eigenvalue weighted by atomic mass is 79.9. The van der Waals surface area contributed by atoms with Crippen molar-refractivity contribution < 1.29 is 9.21 Å². The minimum atomic E-state index is -0.0754. The summed E-state index contributed by atoms with van der Waals surface area (Å²) in [5.41, 5.74) is 2.34. The number of halogens is 1. The van der Waals surface area contributed by atoms with Crippen LogP contribution >= 0.6 is 15.9 Å². The fourth-order valence-corrected chi connectivity index (χ4v) is 2.82. The normalized spacial score (nSPS) is 15.2. The summed E-state index contributed by atoms with van der Waals surface area (Å²) in [5, 5.41) is 4.26. The molecule has 0 aromatic carbocycles. The summed E-state index contributed by atoms with van der Waals surface area (Å²) in [4.78, 5) is 14.2. The summed E-state index contributed by atoms with van der Waals surface area (Å²) in [6, 6.07) is 1.74. The van der Waals surface area contributed by atoms with Gasteiger partial charge in [0.15, 0.2) is 0 Å². The number of carbonyl (C=O) groups excluding carboxylic acids is 1. The Kier molecular flexibility index (Phi) is 3.18. The van der Waals surface area contributed by atoms with Crippen molar-refractivity contribution in [1.82, 2.24) is 14.7 Å². The fourth-order valence-electron chi connectivity index (χ4n) is 2.45. The second-order valence-electron chi connectivity index (χ2n) is 4.67. The first-order chi connectivity index (χ1) is 9.16. The molecule has 0 fully saturated rings. The van der Waals surface area contributed by atoms with E-state index < -0.39 is 0 Å². The average molecular weight is 324 g/mol. The quantitative estimate of drug-likeness (QED) is 0.809. The van der Waals surface area contributed by atoms with Crippen LogP contribution in [0, 0.1) is 0 Å². The summed E-state index contributed by atoms with van der Waals surface area (Å²) in [7, 11) is 1.94. The first-order valence-electron chi connectivity index (χ1n) is 6.19. The van der Waals surface area contributed by atoms with Gasteiger partial charge in [-0.25, -0.2) is 0 Å². The molecule has 2 aromatic heterocycles. The van der Waals surface area contributed by atoms with E-state index in [4.69, 9.17) is 4.42 Å². The van der Waals surface area contributed by atoms with Crippen molar-refractivity contribution in [3.63, 3.8) is 0 Å². The Morgan fingerprint density at radius 1 is 1.53 bits per heavy atom. The van der Waals surface area contributed by atoms with Gasteiger partial charge in [-0.05, 0) is 34.8 Å². The van der Waals surface area contributed by atoms with Gasteiger partial charge in [-0.1, -0.05) is 0 Å². The maximum atomic E-state index is 12.4. The zero-order valence-corrected chi connectivity index (χ0v) is 12.2. The van der Waals surface area contributed by atoms with E-state index >= 15 is 0 Å². The van der Waals surface area contributed by atoms with Crippen molar-refractivity contribution in [2.45, 2.75) is 19.4 Å². The molecular weight excluding hydrogens is 310 g/mol. The zero-order chi connectivity index (χ0) is 13.4. The molecule has 6 heteroatoms. The van der Waals surface area contributed by atoms with Crippen LogP contribution in [0.3, 0.4) is 0 Å². The van der Waals surface area contributed by atoms with E-state index in [-0.39, 0.29) is 5.91 Å². The first-order valence-corrected chi connectivity index (χ1v) is 6.98. The summed E-state index contributed by atoms with van der Waals surface area (Å²) in [6.45, 7) is 1.33. The Morgan fingerprint density at radius 2 is 2.37 bits per heavy atom. The van der Waals surface area contributed by atoms with E-state index in [9.17, 15) is 4.79 Å². The smallest absolute Gasteiger partial charge is 0.291 e. The molecule has 0 saturated heterocycles. The minimum absolute atomic E-state index is 0.0754. The third-order valence-corrected chi connectivity index (χ3v) is 4.07.